The topological polar surface area (TPSA) is 122 Å². The van der Waals surface area contributed by atoms with Gasteiger partial charge >= 0.3 is 6.09 Å². The second-order valence-corrected chi connectivity index (χ2v) is 11.1. The smallest absolute Gasteiger partial charge is 0.407 e. The fourth-order valence-electron chi connectivity index (χ4n) is 4.81. The number of pyridine rings is 2. The van der Waals surface area contributed by atoms with Crippen molar-refractivity contribution in [3.8, 4) is 0 Å². The second-order valence-electron chi connectivity index (χ2n) is 11.1. The Bertz CT molecular complexity index is 1430. The summed E-state index contributed by atoms with van der Waals surface area (Å²) in [7, 11) is 0. The molecule has 1 aliphatic heterocycles. The number of nitrogens with two attached hydrogens (primary N) is 1. The van der Waals surface area contributed by atoms with Crippen LogP contribution in [-0.4, -0.2) is 53.4 Å². The molecule has 0 radical (unpaired) electrons. The summed E-state index contributed by atoms with van der Waals surface area (Å²) in [5.74, 6) is -2.98. The number of nitrogens with one attached hydrogen (secondary N) is 2. The quantitative estimate of drug-likeness (QED) is 0.318. The van der Waals surface area contributed by atoms with Crippen molar-refractivity contribution in [1.82, 2.24) is 15.3 Å². The van der Waals surface area contributed by atoms with Crippen LogP contribution in [-0.2, 0) is 22.5 Å². The molecule has 2 aromatic heterocycles. The van der Waals surface area contributed by atoms with Gasteiger partial charge in [-0.15, -0.1) is 0 Å². The Kier molecular flexibility index (Phi) is 9.54. The van der Waals surface area contributed by atoms with Gasteiger partial charge in [0, 0.05) is 24.8 Å². The molecule has 224 valence electrons. The van der Waals surface area contributed by atoms with E-state index >= 15 is 4.39 Å². The maximum Gasteiger partial charge on any atom is 0.407 e. The molecule has 4 N–H and O–H groups in total. The van der Waals surface area contributed by atoms with Crippen LogP contribution >= 0.6 is 0 Å². The minimum Gasteiger partial charge on any atom is -0.444 e. The van der Waals surface area contributed by atoms with E-state index in [1.54, 1.807) is 45.0 Å². The predicted octanol–water partition coefficient (Wildman–Crippen LogP) is 4.60. The molecule has 1 saturated heterocycles. The molecule has 42 heavy (non-hydrogen) atoms. The largest absolute Gasteiger partial charge is 0.444 e. The minimum atomic E-state index is -1.20. The predicted molar refractivity (Wildman–Crippen MR) is 153 cm³/mol. The highest BCUT2D eigenvalue weighted by atomic mass is 19.1. The molecule has 1 aromatic carbocycles. The number of carbonyl (C=O) groups excluding carboxylic acids is 2. The maximum absolute atomic E-state index is 15.6. The average molecular weight is 585 g/mol. The van der Waals surface area contributed by atoms with Gasteiger partial charge in [0.1, 0.15) is 23.4 Å². The van der Waals surface area contributed by atoms with Gasteiger partial charge in [-0.25, -0.2) is 22.9 Å². The van der Waals surface area contributed by atoms with Gasteiger partial charge in [-0.2, -0.15) is 0 Å². The maximum atomic E-state index is 15.6. The van der Waals surface area contributed by atoms with Crippen molar-refractivity contribution >= 4 is 23.6 Å². The highest BCUT2D eigenvalue weighted by Crippen LogP contribution is 2.35. The first kappa shape index (κ1) is 30.6. The lowest BCUT2D eigenvalue weighted by Gasteiger charge is -2.24. The van der Waals surface area contributed by atoms with E-state index < -0.39 is 35.5 Å². The van der Waals surface area contributed by atoms with Crippen LogP contribution in [0.1, 0.15) is 55.5 Å². The molecule has 4 rings (SSSR count). The summed E-state index contributed by atoms with van der Waals surface area (Å²) < 4.78 is 48.5. The van der Waals surface area contributed by atoms with E-state index in [4.69, 9.17) is 10.5 Å². The third-order valence-electron chi connectivity index (χ3n) is 6.64. The monoisotopic (exact) mass is 584 g/mol. The molecular weight excluding hydrogens is 549 g/mol. The van der Waals surface area contributed by atoms with Crippen molar-refractivity contribution in [1.29, 1.82) is 0 Å². The van der Waals surface area contributed by atoms with Crippen molar-refractivity contribution in [3.05, 3.63) is 82.7 Å². The molecule has 1 unspecified atom stereocenters. The first-order chi connectivity index (χ1) is 19.9. The molecule has 3 aromatic rings. The fourth-order valence-corrected chi connectivity index (χ4v) is 4.81. The molecule has 9 nitrogen and oxygen atoms in total. The van der Waals surface area contributed by atoms with E-state index in [0.29, 0.717) is 17.7 Å². The summed E-state index contributed by atoms with van der Waals surface area (Å²) >= 11 is 0. The van der Waals surface area contributed by atoms with Crippen LogP contribution in [0, 0.1) is 11.6 Å². The molecular formula is C30H35F3N6O3. The lowest BCUT2D eigenvalue weighted by molar-refractivity contribution is -0.118. The van der Waals surface area contributed by atoms with E-state index in [1.807, 2.05) is 0 Å². The molecule has 0 bridgehead atoms. The number of nitrogens with zero attached hydrogens (tertiary/aromatic N) is 3. The Labute approximate surface area is 242 Å². The average Bonchev–Trinajstić information content (AvgIpc) is 3.34. The number of carbonyl (C=O) groups is 2. The summed E-state index contributed by atoms with van der Waals surface area (Å²) in [5, 5.41) is 5.77. The third-order valence-corrected chi connectivity index (χ3v) is 6.64. The Morgan fingerprint density at radius 1 is 1.17 bits per heavy atom. The number of rotatable bonds is 10. The first-order valence-corrected chi connectivity index (χ1v) is 13.7. The highest BCUT2D eigenvalue weighted by molar-refractivity contribution is 5.87. The summed E-state index contributed by atoms with van der Waals surface area (Å²) in [4.78, 5) is 35.6. The van der Waals surface area contributed by atoms with Crippen molar-refractivity contribution in [2.75, 3.05) is 29.9 Å². The zero-order valence-corrected chi connectivity index (χ0v) is 23.8. The number of alkyl carbamates (subject to hydrolysis) is 1. The molecule has 0 saturated carbocycles. The number of ether oxygens (including phenoxy) is 1. The van der Waals surface area contributed by atoms with Crippen LogP contribution in [0.3, 0.4) is 0 Å². The summed E-state index contributed by atoms with van der Waals surface area (Å²) in [5.41, 5.74) is 6.69. The summed E-state index contributed by atoms with van der Waals surface area (Å²) in [6.45, 7) is 5.65. The number of benzene rings is 1. The van der Waals surface area contributed by atoms with Crippen LogP contribution in [0.25, 0.3) is 0 Å². The number of anilines is 2. The second kappa shape index (κ2) is 13.1. The fraction of sp³-hybridized carbons (Fsp3) is 0.400. The number of alkyl halides is 1. The first-order valence-electron chi connectivity index (χ1n) is 13.7. The molecule has 2 amide bonds. The van der Waals surface area contributed by atoms with Crippen LogP contribution in [0.2, 0.25) is 0 Å². The molecule has 1 fully saturated rings. The van der Waals surface area contributed by atoms with E-state index in [2.05, 4.69) is 20.6 Å². The normalized spacial score (nSPS) is 15.8. The minimum absolute atomic E-state index is 0.00562. The summed E-state index contributed by atoms with van der Waals surface area (Å²) in [6.07, 6.45) is 0.362. The number of aromatic nitrogens is 2. The number of primary amides is 1. The van der Waals surface area contributed by atoms with Crippen molar-refractivity contribution in [2.45, 2.75) is 57.8 Å². The standard InChI is InChI=1S/C30H35F3N6O3/c1-30(2,3)42-29(41)37-16-24-21(8-5-11-35-24)25(26(34)40)22-15-23(33)28(39-13-10-20(32)17-39)38-27(22)36-12-9-18-6-4-7-19(31)14-18/h4-8,11,14-15,20,25H,9-10,12-13,16-17H2,1-3H3,(H2,34,40)(H,36,38)(H,37,41)/t20-,25?/m1/s1. The molecule has 12 heteroatoms. The van der Waals surface area contributed by atoms with Gasteiger partial charge in [0.2, 0.25) is 5.91 Å². The van der Waals surface area contributed by atoms with Gasteiger partial charge in [0.25, 0.3) is 0 Å². The van der Waals surface area contributed by atoms with Crippen LogP contribution in [0.4, 0.5) is 29.6 Å². The lowest BCUT2D eigenvalue weighted by Crippen LogP contribution is -2.33. The van der Waals surface area contributed by atoms with Gasteiger partial charge in [-0.05, 0) is 69.0 Å². The zero-order valence-electron chi connectivity index (χ0n) is 23.8. The van der Waals surface area contributed by atoms with Crippen LogP contribution in [0.5, 0.6) is 0 Å². The zero-order chi connectivity index (χ0) is 30.4. The number of halogens is 3. The van der Waals surface area contributed by atoms with E-state index in [1.165, 1.54) is 29.3 Å². The van der Waals surface area contributed by atoms with E-state index in [-0.39, 0.29) is 55.6 Å². The number of hydrogen-bond donors (Lipinski definition) is 3. The van der Waals surface area contributed by atoms with Gasteiger partial charge in [0.05, 0.1) is 24.7 Å². The Morgan fingerprint density at radius 2 is 1.95 bits per heavy atom. The third kappa shape index (κ3) is 7.89. The number of amides is 2. The molecule has 3 heterocycles. The van der Waals surface area contributed by atoms with Crippen molar-refractivity contribution < 1.29 is 27.5 Å². The lowest BCUT2D eigenvalue weighted by atomic mass is 9.89. The molecule has 2 atom stereocenters. The van der Waals surface area contributed by atoms with Gasteiger partial charge in [-0.1, -0.05) is 18.2 Å². The number of hydrogen-bond acceptors (Lipinski definition) is 7. The Hall–Kier alpha value is -4.35. The Balaban J connectivity index is 1.69. The van der Waals surface area contributed by atoms with Crippen molar-refractivity contribution in [2.24, 2.45) is 5.73 Å². The van der Waals surface area contributed by atoms with Gasteiger partial charge in [-0.3, -0.25) is 9.78 Å². The van der Waals surface area contributed by atoms with Crippen molar-refractivity contribution in [3.63, 3.8) is 0 Å². The molecule has 1 aliphatic rings. The molecule has 0 aliphatic carbocycles. The van der Waals surface area contributed by atoms with E-state index in [9.17, 15) is 18.4 Å². The molecule has 0 spiro atoms. The summed E-state index contributed by atoms with van der Waals surface area (Å²) in [6, 6.07) is 10.5. The van der Waals surface area contributed by atoms with E-state index in [0.717, 1.165) is 5.56 Å². The van der Waals surface area contributed by atoms with Gasteiger partial charge < -0.3 is 26.0 Å². The Morgan fingerprint density at radius 3 is 2.62 bits per heavy atom. The van der Waals surface area contributed by atoms with Crippen LogP contribution < -0.4 is 21.3 Å². The van der Waals surface area contributed by atoms with Crippen LogP contribution in [0.15, 0.2) is 48.7 Å². The van der Waals surface area contributed by atoms with Gasteiger partial charge in [0.15, 0.2) is 11.6 Å². The SMILES string of the molecule is CC(C)(C)OC(=O)NCc1ncccc1C(C(N)=O)c1cc(F)c(N2CC[C@@H](F)C2)nc1NCCc1cccc(F)c1. The highest BCUT2D eigenvalue weighted by Gasteiger charge is 2.31.